The van der Waals surface area contributed by atoms with Crippen LogP contribution in [0.15, 0.2) is 41.8 Å². The highest BCUT2D eigenvalue weighted by Crippen LogP contribution is 2.28. The van der Waals surface area contributed by atoms with Crippen LogP contribution in [0.2, 0.25) is 0 Å². The van der Waals surface area contributed by atoms with Gasteiger partial charge >= 0.3 is 5.97 Å². The van der Waals surface area contributed by atoms with Crippen LogP contribution in [0.5, 0.6) is 5.75 Å². The van der Waals surface area contributed by atoms with E-state index in [4.69, 9.17) is 4.74 Å². The van der Waals surface area contributed by atoms with Crippen LogP contribution in [0.1, 0.15) is 10.4 Å². The number of thiophene rings is 1. The minimum atomic E-state index is -0.765. The van der Waals surface area contributed by atoms with Gasteiger partial charge in [-0.15, -0.1) is 11.3 Å². The Bertz CT molecular complexity index is 533. The number of hydrogen-bond acceptors (Lipinski definition) is 3. The Balaban J connectivity index is 2.11. The largest absolute Gasteiger partial charge is 0.496 e. The van der Waals surface area contributed by atoms with Gasteiger partial charge in [0.15, 0.2) is 0 Å². The minimum Gasteiger partial charge on any atom is -0.496 e. The molecule has 0 amide bonds. The highest BCUT2D eigenvalue weighted by atomic mass is 32.1. The zero-order chi connectivity index (χ0) is 13.7. The van der Waals surface area contributed by atoms with Gasteiger partial charge in [0.05, 0.1) is 13.0 Å². The number of methoxy groups -OCH3 is 1. The number of carbonyl (C=O) groups is 1. The molecule has 4 heteroatoms. The molecule has 1 atom stereocenters. The summed E-state index contributed by atoms with van der Waals surface area (Å²) in [4.78, 5) is 12.4. The van der Waals surface area contributed by atoms with E-state index in [0.717, 1.165) is 16.2 Å². The van der Waals surface area contributed by atoms with Crippen molar-refractivity contribution in [1.29, 1.82) is 0 Å². The Hall–Kier alpha value is -1.81. The first-order chi connectivity index (χ1) is 9.20. The van der Waals surface area contributed by atoms with Gasteiger partial charge in [-0.3, -0.25) is 4.79 Å². The second-order valence-electron chi connectivity index (χ2n) is 4.34. The molecule has 1 heterocycles. The number of carboxylic acid groups (broad SMARTS) is 1. The van der Waals surface area contributed by atoms with E-state index in [1.807, 2.05) is 41.8 Å². The van der Waals surface area contributed by atoms with Gasteiger partial charge in [0.2, 0.25) is 0 Å². The second kappa shape index (κ2) is 6.38. The highest BCUT2D eigenvalue weighted by molar-refractivity contribution is 7.10. The van der Waals surface area contributed by atoms with E-state index >= 15 is 0 Å². The van der Waals surface area contributed by atoms with Crippen LogP contribution in [-0.2, 0) is 17.6 Å². The topological polar surface area (TPSA) is 46.5 Å². The van der Waals surface area contributed by atoms with Crippen molar-refractivity contribution < 1.29 is 14.6 Å². The maximum Gasteiger partial charge on any atom is 0.307 e. The van der Waals surface area contributed by atoms with E-state index in [1.165, 1.54) is 0 Å². The van der Waals surface area contributed by atoms with E-state index in [-0.39, 0.29) is 0 Å². The summed E-state index contributed by atoms with van der Waals surface area (Å²) in [7, 11) is 1.61. The molecule has 0 saturated carbocycles. The molecule has 0 aliphatic rings. The number of benzene rings is 1. The Kier molecular flexibility index (Phi) is 4.58. The van der Waals surface area contributed by atoms with Crippen molar-refractivity contribution in [2.75, 3.05) is 7.11 Å². The second-order valence-corrected chi connectivity index (χ2v) is 5.34. The predicted octanol–water partition coefficient (Wildman–Crippen LogP) is 3.24. The fourth-order valence-electron chi connectivity index (χ4n) is 2.03. The minimum absolute atomic E-state index is 0.421. The molecule has 19 heavy (non-hydrogen) atoms. The first kappa shape index (κ1) is 13.6. The van der Waals surface area contributed by atoms with Crippen LogP contribution < -0.4 is 4.74 Å². The maximum absolute atomic E-state index is 11.4. The molecule has 1 N–H and O–H groups in total. The molecule has 0 spiro atoms. The molecule has 1 aromatic carbocycles. The molecule has 2 aromatic rings. The first-order valence-electron chi connectivity index (χ1n) is 6.07. The van der Waals surface area contributed by atoms with Crippen molar-refractivity contribution in [3.63, 3.8) is 0 Å². The number of carboxylic acids is 1. The number of hydrogen-bond donors (Lipinski definition) is 1. The maximum atomic E-state index is 11.4. The molecule has 0 aliphatic heterocycles. The summed E-state index contributed by atoms with van der Waals surface area (Å²) in [5, 5.41) is 11.3. The summed E-state index contributed by atoms with van der Waals surface area (Å²) < 4.78 is 5.23. The third-order valence-corrected chi connectivity index (χ3v) is 3.95. The van der Waals surface area contributed by atoms with Gasteiger partial charge in [0.1, 0.15) is 5.75 Å². The van der Waals surface area contributed by atoms with Gasteiger partial charge in [-0.05, 0) is 29.9 Å². The lowest BCUT2D eigenvalue weighted by atomic mass is 9.95. The van der Waals surface area contributed by atoms with Gasteiger partial charge in [-0.25, -0.2) is 0 Å². The zero-order valence-electron chi connectivity index (χ0n) is 10.7. The van der Waals surface area contributed by atoms with Crippen molar-refractivity contribution >= 4 is 17.3 Å². The SMILES string of the molecule is COc1ccsc1CC(Cc1ccccc1)C(=O)O. The quantitative estimate of drug-likeness (QED) is 0.881. The van der Waals surface area contributed by atoms with Crippen LogP contribution in [0.25, 0.3) is 0 Å². The van der Waals surface area contributed by atoms with Crippen molar-refractivity contribution in [2.24, 2.45) is 5.92 Å². The van der Waals surface area contributed by atoms with Crippen LogP contribution >= 0.6 is 11.3 Å². The monoisotopic (exact) mass is 276 g/mol. The lowest BCUT2D eigenvalue weighted by Crippen LogP contribution is -2.19. The number of ether oxygens (including phenoxy) is 1. The van der Waals surface area contributed by atoms with Gasteiger partial charge in [0.25, 0.3) is 0 Å². The van der Waals surface area contributed by atoms with Gasteiger partial charge in [0, 0.05) is 4.88 Å². The summed E-state index contributed by atoms with van der Waals surface area (Å²) in [6.07, 6.45) is 1.04. The molecule has 1 unspecified atom stereocenters. The summed E-state index contributed by atoms with van der Waals surface area (Å²) in [5.41, 5.74) is 1.05. The molecule has 2 rings (SSSR count). The average Bonchev–Trinajstić information content (AvgIpc) is 2.86. The van der Waals surface area contributed by atoms with Crippen molar-refractivity contribution in [2.45, 2.75) is 12.8 Å². The van der Waals surface area contributed by atoms with E-state index in [1.54, 1.807) is 18.4 Å². The summed E-state index contributed by atoms with van der Waals surface area (Å²) in [6.45, 7) is 0. The summed E-state index contributed by atoms with van der Waals surface area (Å²) in [6, 6.07) is 11.6. The lowest BCUT2D eigenvalue weighted by Gasteiger charge is -2.12. The molecule has 3 nitrogen and oxygen atoms in total. The van der Waals surface area contributed by atoms with E-state index in [0.29, 0.717) is 12.8 Å². The van der Waals surface area contributed by atoms with E-state index in [9.17, 15) is 9.90 Å². The van der Waals surface area contributed by atoms with E-state index in [2.05, 4.69) is 0 Å². The average molecular weight is 276 g/mol. The molecule has 0 aliphatic carbocycles. The number of rotatable bonds is 6. The van der Waals surface area contributed by atoms with Crippen molar-refractivity contribution in [3.8, 4) is 5.75 Å². The molecule has 100 valence electrons. The first-order valence-corrected chi connectivity index (χ1v) is 6.95. The van der Waals surface area contributed by atoms with Gasteiger partial charge < -0.3 is 9.84 Å². The Morgan fingerprint density at radius 2 is 2.00 bits per heavy atom. The highest BCUT2D eigenvalue weighted by Gasteiger charge is 2.21. The summed E-state index contributed by atoms with van der Waals surface area (Å²) in [5.74, 6) is -0.404. The Morgan fingerprint density at radius 3 is 2.63 bits per heavy atom. The molecule has 1 aromatic heterocycles. The Labute approximate surface area is 116 Å². The van der Waals surface area contributed by atoms with Crippen molar-refractivity contribution in [1.82, 2.24) is 0 Å². The van der Waals surface area contributed by atoms with Crippen molar-refractivity contribution in [3.05, 3.63) is 52.2 Å². The fourth-order valence-corrected chi connectivity index (χ4v) is 2.95. The molecule has 0 saturated heterocycles. The van der Waals surface area contributed by atoms with E-state index < -0.39 is 11.9 Å². The Morgan fingerprint density at radius 1 is 1.26 bits per heavy atom. The smallest absolute Gasteiger partial charge is 0.307 e. The van der Waals surface area contributed by atoms with Gasteiger partial charge in [-0.2, -0.15) is 0 Å². The molecule has 0 radical (unpaired) electrons. The third-order valence-electron chi connectivity index (χ3n) is 3.03. The van der Waals surface area contributed by atoms with Crippen LogP contribution in [0.3, 0.4) is 0 Å². The van der Waals surface area contributed by atoms with Gasteiger partial charge in [-0.1, -0.05) is 30.3 Å². The predicted molar refractivity (Wildman–Crippen MR) is 75.8 cm³/mol. The molecule has 0 fully saturated rings. The zero-order valence-corrected chi connectivity index (χ0v) is 11.5. The standard InChI is InChI=1S/C15H16O3S/c1-18-13-7-8-19-14(13)10-12(15(16)17)9-11-5-3-2-4-6-11/h2-8,12H,9-10H2,1H3,(H,16,17). The molecule has 0 bridgehead atoms. The van der Waals surface area contributed by atoms with Crippen LogP contribution in [0.4, 0.5) is 0 Å². The normalized spacial score (nSPS) is 12.1. The van der Waals surface area contributed by atoms with Crippen LogP contribution in [-0.4, -0.2) is 18.2 Å². The number of aliphatic carboxylic acids is 1. The molecular formula is C15H16O3S. The van der Waals surface area contributed by atoms with Crippen LogP contribution in [0, 0.1) is 5.92 Å². The lowest BCUT2D eigenvalue weighted by molar-refractivity contribution is -0.141. The third kappa shape index (κ3) is 3.58. The fraction of sp³-hybridized carbons (Fsp3) is 0.267. The molecular weight excluding hydrogens is 260 g/mol. The summed E-state index contributed by atoms with van der Waals surface area (Å²) >= 11 is 1.54.